The van der Waals surface area contributed by atoms with Crippen LogP contribution in [0.25, 0.3) is 0 Å². The fourth-order valence-corrected chi connectivity index (χ4v) is 2.41. The van der Waals surface area contributed by atoms with Crippen molar-refractivity contribution in [3.63, 3.8) is 0 Å². The Kier molecular flexibility index (Phi) is 5.39. The molecular formula is C18H14F2O7. The van der Waals surface area contributed by atoms with Crippen molar-refractivity contribution in [2.75, 3.05) is 20.5 Å². The van der Waals surface area contributed by atoms with Crippen molar-refractivity contribution in [3.8, 4) is 23.0 Å². The molecule has 0 spiro atoms. The Morgan fingerprint density at radius 2 is 1.93 bits per heavy atom. The van der Waals surface area contributed by atoms with Crippen molar-refractivity contribution in [2.45, 2.75) is 6.61 Å². The highest BCUT2D eigenvalue weighted by molar-refractivity contribution is 6.00. The first-order valence-corrected chi connectivity index (χ1v) is 7.71. The van der Waals surface area contributed by atoms with Gasteiger partial charge in [-0.3, -0.25) is 4.79 Å². The van der Waals surface area contributed by atoms with Crippen LogP contribution in [0.15, 0.2) is 36.4 Å². The van der Waals surface area contributed by atoms with E-state index in [1.54, 1.807) is 6.07 Å². The molecular weight excluding hydrogens is 366 g/mol. The number of carbonyl (C=O) groups is 2. The summed E-state index contributed by atoms with van der Waals surface area (Å²) in [6, 6.07) is 8.53. The van der Waals surface area contributed by atoms with Crippen LogP contribution in [0.4, 0.5) is 8.78 Å². The number of halogens is 2. The molecule has 0 atom stereocenters. The average molecular weight is 380 g/mol. The maximum absolute atomic E-state index is 12.6. The van der Waals surface area contributed by atoms with Gasteiger partial charge in [0.2, 0.25) is 6.79 Å². The number of carbonyl (C=O) groups excluding carboxylic acids is 2. The van der Waals surface area contributed by atoms with Gasteiger partial charge >= 0.3 is 12.6 Å². The molecule has 0 unspecified atom stereocenters. The fraction of sp³-hybridized carbons (Fsp3) is 0.222. The third kappa shape index (κ3) is 4.08. The molecule has 2 aromatic carbocycles. The highest BCUT2D eigenvalue weighted by Gasteiger charge is 2.23. The summed E-state index contributed by atoms with van der Waals surface area (Å²) in [5, 5.41) is 0. The molecule has 0 aliphatic carbocycles. The zero-order valence-electron chi connectivity index (χ0n) is 14.1. The first-order chi connectivity index (χ1) is 13.0. The van der Waals surface area contributed by atoms with Crippen molar-refractivity contribution in [1.82, 2.24) is 0 Å². The molecule has 0 N–H and O–H groups in total. The van der Waals surface area contributed by atoms with Gasteiger partial charge in [0.1, 0.15) is 5.56 Å². The normalized spacial score (nSPS) is 12.0. The van der Waals surface area contributed by atoms with Crippen LogP contribution in [0.3, 0.4) is 0 Å². The SMILES string of the molecule is COc1cccc(C(=O)OCC(=O)c2ccc3c(c2)OCO3)c1OC(F)F. The number of ketones is 1. The van der Waals surface area contributed by atoms with Crippen LogP contribution in [-0.4, -0.2) is 38.9 Å². The number of Topliss-reactive ketones (excluding diaryl/α,β-unsaturated/α-hetero) is 1. The number of rotatable bonds is 7. The Morgan fingerprint density at radius 1 is 1.15 bits per heavy atom. The van der Waals surface area contributed by atoms with Crippen LogP contribution in [0, 0.1) is 0 Å². The van der Waals surface area contributed by atoms with Crippen LogP contribution < -0.4 is 18.9 Å². The predicted octanol–water partition coefficient (Wildman–Crippen LogP) is 3.07. The monoisotopic (exact) mass is 380 g/mol. The van der Waals surface area contributed by atoms with E-state index in [-0.39, 0.29) is 23.7 Å². The van der Waals surface area contributed by atoms with Gasteiger partial charge in [-0.05, 0) is 30.3 Å². The van der Waals surface area contributed by atoms with Gasteiger partial charge in [0.05, 0.1) is 7.11 Å². The highest BCUT2D eigenvalue weighted by atomic mass is 19.3. The fourth-order valence-electron chi connectivity index (χ4n) is 2.41. The van der Waals surface area contributed by atoms with E-state index in [9.17, 15) is 18.4 Å². The molecule has 7 nitrogen and oxygen atoms in total. The molecule has 1 aliphatic heterocycles. The summed E-state index contributed by atoms with van der Waals surface area (Å²) in [6.07, 6.45) is 0. The van der Waals surface area contributed by atoms with Crippen LogP contribution in [0.5, 0.6) is 23.0 Å². The Hall–Kier alpha value is -3.36. The standard InChI is InChI=1S/C18H14F2O7/c1-23-14-4-2-3-11(16(14)27-18(19)20)17(22)24-8-12(21)10-5-6-13-15(7-10)26-9-25-13/h2-7,18H,8-9H2,1H3. The first-order valence-electron chi connectivity index (χ1n) is 7.71. The number of benzene rings is 2. The third-order valence-corrected chi connectivity index (χ3v) is 3.65. The minimum absolute atomic E-state index is 0.0602. The minimum atomic E-state index is -3.16. The van der Waals surface area contributed by atoms with Crippen molar-refractivity contribution in [3.05, 3.63) is 47.5 Å². The topological polar surface area (TPSA) is 80.3 Å². The second-order valence-electron chi connectivity index (χ2n) is 5.28. The number of alkyl halides is 2. The number of esters is 1. The summed E-state index contributed by atoms with van der Waals surface area (Å²) in [4.78, 5) is 24.5. The Morgan fingerprint density at radius 3 is 2.67 bits per heavy atom. The van der Waals surface area contributed by atoms with Crippen LogP contribution in [-0.2, 0) is 4.74 Å². The lowest BCUT2D eigenvalue weighted by Crippen LogP contribution is -2.16. The third-order valence-electron chi connectivity index (χ3n) is 3.65. The number of hydrogen-bond acceptors (Lipinski definition) is 7. The molecule has 0 fully saturated rings. The second kappa shape index (κ2) is 7.90. The number of hydrogen-bond donors (Lipinski definition) is 0. The largest absolute Gasteiger partial charge is 0.493 e. The molecule has 3 rings (SSSR count). The summed E-state index contributed by atoms with van der Waals surface area (Å²) in [7, 11) is 1.24. The van der Waals surface area contributed by atoms with E-state index >= 15 is 0 Å². The highest BCUT2D eigenvalue weighted by Crippen LogP contribution is 2.34. The molecule has 0 radical (unpaired) electrons. The number of ether oxygens (including phenoxy) is 5. The van der Waals surface area contributed by atoms with Gasteiger partial charge < -0.3 is 23.7 Å². The number of methoxy groups -OCH3 is 1. The smallest absolute Gasteiger partial charge is 0.387 e. The van der Waals surface area contributed by atoms with E-state index in [4.69, 9.17) is 18.9 Å². The second-order valence-corrected chi connectivity index (χ2v) is 5.28. The van der Waals surface area contributed by atoms with Crippen LogP contribution in [0.1, 0.15) is 20.7 Å². The minimum Gasteiger partial charge on any atom is -0.493 e. The molecule has 142 valence electrons. The van der Waals surface area contributed by atoms with E-state index in [0.717, 1.165) is 0 Å². The van der Waals surface area contributed by atoms with E-state index < -0.39 is 30.7 Å². The van der Waals surface area contributed by atoms with Crippen LogP contribution in [0.2, 0.25) is 0 Å². The van der Waals surface area contributed by atoms with Gasteiger partial charge in [0.15, 0.2) is 35.4 Å². The average Bonchev–Trinajstić information content (AvgIpc) is 3.13. The molecule has 1 aliphatic rings. The van der Waals surface area contributed by atoms with Crippen molar-refractivity contribution in [1.29, 1.82) is 0 Å². The number of fused-ring (bicyclic) bond motifs is 1. The van der Waals surface area contributed by atoms with Crippen molar-refractivity contribution in [2.24, 2.45) is 0 Å². The van der Waals surface area contributed by atoms with Gasteiger partial charge in [-0.15, -0.1) is 0 Å². The Bertz CT molecular complexity index is 867. The molecule has 2 aromatic rings. The van der Waals surface area contributed by atoms with E-state index in [0.29, 0.717) is 11.5 Å². The quantitative estimate of drug-likeness (QED) is 0.539. The molecule has 0 saturated carbocycles. The number of para-hydroxylation sites is 1. The van der Waals surface area contributed by atoms with Crippen LogP contribution >= 0.6 is 0 Å². The molecule has 27 heavy (non-hydrogen) atoms. The van der Waals surface area contributed by atoms with Crippen molar-refractivity contribution < 1.29 is 42.1 Å². The lowest BCUT2D eigenvalue weighted by molar-refractivity contribution is -0.0518. The Labute approximate surface area is 152 Å². The first kappa shape index (κ1) is 18.4. The maximum Gasteiger partial charge on any atom is 0.387 e. The van der Waals surface area contributed by atoms with Gasteiger partial charge in [0, 0.05) is 5.56 Å². The summed E-state index contributed by atoms with van der Waals surface area (Å²) in [5.74, 6) is -1.11. The summed E-state index contributed by atoms with van der Waals surface area (Å²) in [6.45, 7) is -3.70. The zero-order valence-corrected chi connectivity index (χ0v) is 14.1. The molecule has 0 amide bonds. The molecule has 9 heteroatoms. The molecule has 0 bridgehead atoms. The maximum atomic E-state index is 12.6. The van der Waals surface area contributed by atoms with Gasteiger partial charge in [-0.2, -0.15) is 8.78 Å². The van der Waals surface area contributed by atoms with E-state index in [1.807, 2.05) is 0 Å². The zero-order chi connectivity index (χ0) is 19.4. The molecule has 0 aromatic heterocycles. The van der Waals surface area contributed by atoms with E-state index in [2.05, 4.69) is 4.74 Å². The summed E-state index contributed by atoms with van der Waals surface area (Å²) < 4.78 is 49.8. The predicted molar refractivity (Wildman–Crippen MR) is 86.8 cm³/mol. The van der Waals surface area contributed by atoms with Gasteiger partial charge in [-0.1, -0.05) is 6.07 Å². The summed E-state index contributed by atoms with van der Waals surface area (Å²) >= 11 is 0. The Balaban J connectivity index is 1.71. The molecule has 1 heterocycles. The van der Waals surface area contributed by atoms with Gasteiger partial charge in [0.25, 0.3) is 0 Å². The lowest BCUT2D eigenvalue weighted by Gasteiger charge is -2.13. The lowest BCUT2D eigenvalue weighted by atomic mass is 10.1. The van der Waals surface area contributed by atoms with Gasteiger partial charge in [-0.25, -0.2) is 4.79 Å². The van der Waals surface area contributed by atoms with E-state index in [1.165, 1.54) is 37.4 Å². The summed E-state index contributed by atoms with van der Waals surface area (Å²) in [5.41, 5.74) is -0.0325. The molecule has 0 saturated heterocycles. The van der Waals surface area contributed by atoms with Crippen molar-refractivity contribution >= 4 is 11.8 Å².